The van der Waals surface area contributed by atoms with Crippen LogP contribution in [-0.4, -0.2) is 71.8 Å². The minimum atomic E-state index is -1.42. The maximum absolute atomic E-state index is 13.6. The molecule has 1 aromatic rings. The van der Waals surface area contributed by atoms with Crippen molar-refractivity contribution in [2.75, 3.05) is 26.3 Å². The van der Waals surface area contributed by atoms with E-state index in [0.717, 1.165) is 37.7 Å². The Hall–Kier alpha value is -2.36. The van der Waals surface area contributed by atoms with Crippen molar-refractivity contribution in [1.29, 1.82) is 0 Å². The standard InChI is InChI=1S/C26H39ClN4O5/c1-2-3-10-21(22(32)23(33)28-18-19-8-7-9-20(27)17-19)29-24(34)26(11-5-4-6-12-26)30-25(35)31-13-15-36-16-14-31/h7-9,17,21-22,32H,2-6,10-16,18H2,1H3,(H,28,33)(H,29,34)(H,30,35)/t21-,22?/m0/s1. The average molecular weight is 523 g/mol. The summed E-state index contributed by atoms with van der Waals surface area (Å²) in [6, 6.07) is 6.07. The maximum atomic E-state index is 13.6. The first-order valence-electron chi connectivity index (χ1n) is 13.0. The van der Waals surface area contributed by atoms with Crippen LogP contribution in [0.2, 0.25) is 5.02 Å². The van der Waals surface area contributed by atoms with Crippen LogP contribution in [0.5, 0.6) is 0 Å². The topological polar surface area (TPSA) is 120 Å². The molecule has 0 radical (unpaired) electrons. The molecule has 2 fully saturated rings. The molecule has 3 rings (SSSR count). The number of carbonyl (C=O) groups is 3. The monoisotopic (exact) mass is 522 g/mol. The Morgan fingerprint density at radius 3 is 2.56 bits per heavy atom. The number of aliphatic hydroxyl groups is 1. The summed E-state index contributed by atoms with van der Waals surface area (Å²) >= 11 is 6.01. The van der Waals surface area contributed by atoms with Gasteiger partial charge in [-0.05, 0) is 37.0 Å². The summed E-state index contributed by atoms with van der Waals surface area (Å²) in [7, 11) is 0. The Morgan fingerprint density at radius 1 is 1.17 bits per heavy atom. The van der Waals surface area contributed by atoms with Gasteiger partial charge in [0.05, 0.1) is 19.3 Å². The second-order valence-electron chi connectivity index (χ2n) is 9.69. The van der Waals surface area contributed by atoms with Gasteiger partial charge in [-0.2, -0.15) is 0 Å². The van der Waals surface area contributed by atoms with Gasteiger partial charge in [-0.25, -0.2) is 4.79 Å². The molecule has 10 heteroatoms. The number of hydrogen-bond acceptors (Lipinski definition) is 5. The molecule has 36 heavy (non-hydrogen) atoms. The summed E-state index contributed by atoms with van der Waals surface area (Å²) in [4.78, 5) is 41.1. The second kappa shape index (κ2) is 13.8. The quantitative estimate of drug-likeness (QED) is 0.376. The number of benzene rings is 1. The lowest BCUT2D eigenvalue weighted by Gasteiger charge is -2.40. The molecule has 0 aromatic heterocycles. The van der Waals surface area contributed by atoms with Crippen molar-refractivity contribution in [2.24, 2.45) is 0 Å². The van der Waals surface area contributed by atoms with Crippen molar-refractivity contribution in [3.05, 3.63) is 34.9 Å². The molecule has 4 N–H and O–H groups in total. The van der Waals surface area contributed by atoms with Gasteiger partial charge in [0.15, 0.2) is 6.10 Å². The molecular formula is C26H39ClN4O5. The minimum absolute atomic E-state index is 0.213. The van der Waals surface area contributed by atoms with Gasteiger partial charge in [-0.15, -0.1) is 0 Å². The van der Waals surface area contributed by atoms with E-state index in [1.165, 1.54) is 0 Å². The number of unbranched alkanes of at least 4 members (excludes halogenated alkanes) is 1. The van der Waals surface area contributed by atoms with Crippen LogP contribution in [0.15, 0.2) is 24.3 Å². The molecule has 1 aromatic carbocycles. The number of nitrogens with zero attached hydrogens (tertiary/aromatic N) is 1. The van der Waals surface area contributed by atoms with Crippen molar-refractivity contribution in [3.8, 4) is 0 Å². The highest BCUT2D eigenvalue weighted by molar-refractivity contribution is 6.30. The molecule has 1 aliphatic heterocycles. The van der Waals surface area contributed by atoms with Crippen LogP contribution in [0.3, 0.4) is 0 Å². The van der Waals surface area contributed by atoms with Gasteiger partial charge in [0.2, 0.25) is 5.91 Å². The number of nitrogens with one attached hydrogen (secondary N) is 3. The second-order valence-corrected chi connectivity index (χ2v) is 10.1. The Kier molecular flexibility index (Phi) is 10.8. The highest BCUT2D eigenvalue weighted by Crippen LogP contribution is 2.29. The zero-order valence-corrected chi connectivity index (χ0v) is 21.8. The summed E-state index contributed by atoms with van der Waals surface area (Å²) in [6.45, 7) is 4.13. The van der Waals surface area contributed by atoms with Crippen molar-refractivity contribution in [3.63, 3.8) is 0 Å². The first-order chi connectivity index (χ1) is 17.3. The van der Waals surface area contributed by atoms with E-state index in [0.29, 0.717) is 50.6 Å². The Morgan fingerprint density at radius 2 is 1.89 bits per heavy atom. The molecule has 1 aliphatic carbocycles. The van der Waals surface area contributed by atoms with Crippen molar-refractivity contribution < 1.29 is 24.2 Å². The predicted molar refractivity (Wildman–Crippen MR) is 138 cm³/mol. The van der Waals surface area contributed by atoms with E-state index < -0.39 is 23.6 Å². The number of aliphatic hydroxyl groups excluding tert-OH is 1. The van der Waals surface area contributed by atoms with Gasteiger partial charge in [-0.3, -0.25) is 9.59 Å². The normalized spacial score (nSPS) is 19.1. The average Bonchev–Trinajstić information content (AvgIpc) is 2.90. The molecule has 4 amide bonds. The van der Waals surface area contributed by atoms with Crippen LogP contribution in [0.1, 0.15) is 63.9 Å². The van der Waals surface area contributed by atoms with E-state index in [2.05, 4.69) is 16.0 Å². The predicted octanol–water partition coefficient (Wildman–Crippen LogP) is 2.74. The highest BCUT2D eigenvalue weighted by Gasteiger charge is 2.43. The molecule has 1 saturated carbocycles. The van der Waals surface area contributed by atoms with Gasteiger partial charge in [0, 0.05) is 24.7 Å². The first kappa shape index (κ1) is 28.2. The van der Waals surface area contributed by atoms with Gasteiger partial charge < -0.3 is 30.7 Å². The van der Waals surface area contributed by atoms with E-state index in [1.807, 2.05) is 13.0 Å². The van der Waals surface area contributed by atoms with Crippen molar-refractivity contribution >= 4 is 29.4 Å². The summed E-state index contributed by atoms with van der Waals surface area (Å²) in [5.74, 6) is -0.905. The summed E-state index contributed by atoms with van der Waals surface area (Å²) in [5, 5.41) is 20.1. The number of rotatable bonds is 10. The third kappa shape index (κ3) is 7.82. The number of carbonyl (C=O) groups excluding carboxylic acids is 3. The molecule has 2 atom stereocenters. The minimum Gasteiger partial charge on any atom is -0.381 e. The van der Waals surface area contributed by atoms with E-state index in [-0.39, 0.29) is 18.5 Å². The zero-order valence-electron chi connectivity index (χ0n) is 21.1. The Labute approximate surface area is 218 Å². The zero-order chi connectivity index (χ0) is 26.0. The van der Waals surface area contributed by atoms with Gasteiger partial charge in [-0.1, -0.05) is 62.8 Å². The van der Waals surface area contributed by atoms with Crippen LogP contribution in [0, 0.1) is 0 Å². The molecular weight excluding hydrogens is 484 g/mol. The fraction of sp³-hybridized carbons (Fsp3) is 0.654. The number of hydrogen-bond donors (Lipinski definition) is 4. The molecule has 1 unspecified atom stereocenters. The fourth-order valence-electron chi connectivity index (χ4n) is 4.78. The van der Waals surface area contributed by atoms with E-state index in [9.17, 15) is 19.5 Å². The summed E-state index contributed by atoms with van der Waals surface area (Å²) in [6.07, 6.45) is 4.28. The number of morpholine rings is 1. The summed E-state index contributed by atoms with van der Waals surface area (Å²) < 4.78 is 5.33. The molecule has 1 heterocycles. The molecule has 200 valence electrons. The van der Waals surface area contributed by atoms with Crippen LogP contribution in [-0.2, 0) is 20.9 Å². The van der Waals surface area contributed by atoms with Crippen molar-refractivity contribution in [1.82, 2.24) is 20.9 Å². The van der Waals surface area contributed by atoms with E-state index >= 15 is 0 Å². The summed E-state index contributed by atoms with van der Waals surface area (Å²) in [5.41, 5.74) is -0.251. The molecule has 9 nitrogen and oxygen atoms in total. The van der Waals surface area contributed by atoms with Crippen LogP contribution in [0.4, 0.5) is 4.79 Å². The van der Waals surface area contributed by atoms with Gasteiger partial charge in [0.1, 0.15) is 5.54 Å². The van der Waals surface area contributed by atoms with E-state index in [1.54, 1.807) is 23.1 Å². The Bertz CT molecular complexity index is 887. The number of amides is 4. The Balaban J connectivity index is 1.67. The number of urea groups is 1. The lowest BCUT2D eigenvalue weighted by Crippen LogP contribution is -2.65. The molecule has 0 bridgehead atoms. The third-order valence-corrected chi connectivity index (χ3v) is 7.21. The molecule has 0 spiro atoms. The maximum Gasteiger partial charge on any atom is 0.318 e. The van der Waals surface area contributed by atoms with Gasteiger partial charge in [0.25, 0.3) is 5.91 Å². The van der Waals surface area contributed by atoms with Crippen LogP contribution in [0.25, 0.3) is 0 Å². The SMILES string of the molecule is CCCC[C@H](NC(=O)C1(NC(=O)N2CCOCC2)CCCCC1)C(O)C(=O)NCc1cccc(Cl)c1. The van der Waals surface area contributed by atoms with Crippen molar-refractivity contribution in [2.45, 2.75) is 82.5 Å². The first-order valence-corrected chi connectivity index (χ1v) is 13.4. The molecule has 1 saturated heterocycles. The number of halogens is 1. The van der Waals surface area contributed by atoms with Crippen LogP contribution >= 0.6 is 11.6 Å². The van der Waals surface area contributed by atoms with E-state index in [4.69, 9.17) is 16.3 Å². The van der Waals surface area contributed by atoms with Gasteiger partial charge >= 0.3 is 6.03 Å². The third-order valence-electron chi connectivity index (χ3n) is 6.98. The smallest absolute Gasteiger partial charge is 0.318 e. The lowest BCUT2D eigenvalue weighted by atomic mass is 9.80. The largest absolute Gasteiger partial charge is 0.381 e. The fourth-order valence-corrected chi connectivity index (χ4v) is 4.99. The van der Waals surface area contributed by atoms with Crippen LogP contribution < -0.4 is 16.0 Å². The lowest BCUT2D eigenvalue weighted by molar-refractivity contribution is -0.135. The molecule has 2 aliphatic rings. The number of ether oxygens (including phenoxy) is 1. The highest BCUT2D eigenvalue weighted by atomic mass is 35.5.